The predicted molar refractivity (Wildman–Crippen MR) is 153 cm³/mol. The predicted octanol–water partition coefficient (Wildman–Crippen LogP) is 6.82. The largest absolute Gasteiger partial charge is 0.493 e. The molecule has 0 aromatic heterocycles. The molecule has 0 bridgehead atoms. The zero-order valence-electron chi connectivity index (χ0n) is 23.0. The molecule has 39 heavy (non-hydrogen) atoms. The van der Waals surface area contributed by atoms with Gasteiger partial charge in [0.1, 0.15) is 18.1 Å². The molecular weight excluding hydrogens is 486 g/mol. The number of piperidine rings is 1. The highest BCUT2D eigenvalue weighted by molar-refractivity contribution is 5.73. The van der Waals surface area contributed by atoms with Crippen LogP contribution in [-0.2, 0) is 30.8 Å². The molecule has 0 unspecified atom stereocenters. The van der Waals surface area contributed by atoms with Gasteiger partial charge >= 0.3 is 5.97 Å². The van der Waals surface area contributed by atoms with Gasteiger partial charge in [-0.15, -0.1) is 0 Å². The summed E-state index contributed by atoms with van der Waals surface area (Å²) in [5.74, 6) is 0.951. The number of aliphatic carboxylic acids is 1. The van der Waals surface area contributed by atoms with Crippen molar-refractivity contribution >= 4 is 5.97 Å². The maximum atomic E-state index is 11.4. The van der Waals surface area contributed by atoms with Crippen molar-refractivity contribution in [1.82, 2.24) is 4.90 Å². The third kappa shape index (κ3) is 5.69. The van der Waals surface area contributed by atoms with Gasteiger partial charge < -0.3 is 14.6 Å². The fraction of sp³-hybridized carbons (Fsp3) is 0.441. The van der Waals surface area contributed by atoms with E-state index in [1.165, 1.54) is 58.2 Å². The van der Waals surface area contributed by atoms with Crippen molar-refractivity contribution in [3.05, 3.63) is 82.4 Å². The van der Waals surface area contributed by atoms with E-state index in [0.29, 0.717) is 19.6 Å². The second-order valence-corrected chi connectivity index (χ2v) is 11.5. The monoisotopic (exact) mass is 525 g/mol. The van der Waals surface area contributed by atoms with Crippen LogP contribution in [0.3, 0.4) is 0 Å². The molecule has 3 aromatic rings. The molecule has 1 aliphatic heterocycles. The summed E-state index contributed by atoms with van der Waals surface area (Å²) in [5.41, 5.74) is 8.91. The molecule has 1 saturated heterocycles. The summed E-state index contributed by atoms with van der Waals surface area (Å²) in [6, 6.07) is 19.1. The van der Waals surface area contributed by atoms with Crippen LogP contribution in [0.1, 0.15) is 59.9 Å². The number of carboxylic acid groups (broad SMARTS) is 1. The molecule has 204 valence electrons. The molecular formula is C34H39NO4. The van der Waals surface area contributed by atoms with Crippen molar-refractivity contribution in [2.45, 2.75) is 65.0 Å². The first-order valence-corrected chi connectivity index (χ1v) is 14.6. The Morgan fingerprint density at radius 3 is 2.49 bits per heavy atom. The number of likely N-dealkylation sites (tertiary alicyclic amines) is 1. The molecule has 2 atom stereocenters. The highest BCUT2D eigenvalue weighted by Crippen LogP contribution is 2.43. The van der Waals surface area contributed by atoms with Gasteiger partial charge in [0.2, 0.25) is 0 Å². The normalized spacial score (nSPS) is 20.4. The van der Waals surface area contributed by atoms with Gasteiger partial charge in [0.25, 0.3) is 0 Å². The van der Waals surface area contributed by atoms with E-state index in [-0.39, 0.29) is 11.8 Å². The number of carbonyl (C=O) groups is 1. The lowest BCUT2D eigenvalue weighted by Gasteiger charge is -2.29. The lowest BCUT2D eigenvalue weighted by Crippen LogP contribution is -2.29. The minimum absolute atomic E-state index is 0.103. The molecule has 0 amide bonds. The topological polar surface area (TPSA) is 59.0 Å². The van der Waals surface area contributed by atoms with Gasteiger partial charge in [-0.2, -0.15) is 0 Å². The maximum absolute atomic E-state index is 11.4. The molecule has 0 radical (unpaired) electrons. The SMILES string of the molecule is Cc1c(COc2cc(OC[C@H]3C[C@H]3C(=O)O)c(CN3CCCCC3)c3c2CCC3)cccc1-c1ccccc1. The Morgan fingerprint density at radius 2 is 1.72 bits per heavy atom. The number of carboxylic acids is 1. The third-order valence-electron chi connectivity index (χ3n) is 8.88. The summed E-state index contributed by atoms with van der Waals surface area (Å²) in [7, 11) is 0. The van der Waals surface area contributed by atoms with E-state index >= 15 is 0 Å². The Bertz CT molecular complexity index is 1330. The van der Waals surface area contributed by atoms with E-state index in [9.17, 15) is 9.90 Å². The van der Waals surface area contributed by atoms with Crippen molar-refractivity contribution in [1.29, 1.82) is 0 Å². The first-order chi connectivity index (χ1) is 19.1. The minimum Gasteiger partial charge on any atom is -0.493 e. The van der Waals surface area contributed by atoms with Crippen molar-refractivity contribution in [3.63, 3.8) is 0 Å². The number of hydrogen-bond donors (Lipinski definition) is 1. The van der Waals surface area contributed by atoms with Gasteiger partial charge in [-0.3, -0.25) is 9.69 Å². The van der Waals surface area contributed by atoms with Crippen LogP contribution in [0.25, 0.3) is 11.1 Å². The Labute approximate surface area is 231 Å². The Morgan fingerprint density at radius 1 is 0.923 bits per heavy atom. The van der Waals surface area contributed by atoms with E-state index in [1.54, 1.807) is 0 Å². The molecule has 3 aliphatic rings. The summed E-state index contributed by atoms with van der Waals surface area (Å²) in [4.78, 5) is 14.0. The molecule has 6 rings (SSSR count). The minimum atomic E-state index is -0.705. The Kier molecular flexibility index (Phi) is 7.60. The Balaban J connectivity index is 1.27. The van der Waals surface area contributed by atoms with Crippen molar-refractivity contribution in [2.24, 2.45) is 11.8 Å². The first kappa shape index (κ1) is 25.9. The number of ether oxygens (including phenoxy) is 2. The van der Waals surface area contributed by atoms with Crippen molar-refractivity contribution in [2.75, 3.05) is 19.7 Å². The molecule has 2 fully saturated rings. The van der Waals surface area contributed by atoms with Crippen LogP contribution >= 0.6 is 0 Å². The zero-order chi connectivity index (χ0) is 26.8. The van der Waals surface area contributed by atoms with Crippen LogP contribution in [0.2, 0.25) is 0 Å². The van der Waals surface area contributed by atoms with Crippen LogP contribution in [0.4, 0.5) is 0 Å². The van der Waals surface area contributed by atoms with Gasteiger partial charge in [-0.05, 0) is 91.9 Å². The average molecular weight is 526 g/mol. The fourth-order valence-electron chi connectivity index (χ4n) is 6.42. The number of hydrogen-bond acceptors (Lipinski definition) is 4. The number of benzene rings is 3. The van der Waals surface area contributed by atoms with Crippen LogP contribution < -0.4 is 9.47 Å². The maximum Gasteiger partial charge on any atom is 0.306 e. The lowest BCUT2D eigenvalue weighted by molar-refractivity contribution is -0.138. The summed E-state index contributed by atoms with van der Waals surface area (Å²) in [6.45, 7) is 6.31. The molecule has 0 spiro atoms. The van der Waals surface area contributed by atoms with E-state index < -0.39 is 5.97 Å². The highest BCUT2D eigenvalue weighted by Gasteiger charge is 2.43. The summed E-state index contributed by atoms with van der Waals surface area (Å²) in [5, 5.41) is 9.37. The van der Waals surface area contributed by atoms with Gasteiger partial charge in [0.05, 0.1) is 12.5 Å². The van der Waals surface area contributed by atoms with E-state index in [2.05, 4.69) is 60.4 Å². The zero-order valence-corrected chi connectivity index (χ0v) is 23.0. The standard InChI is InChI=1S/C34H39NO4/c1-23-25(12-8-13-27(23)24-10-4-2-5-11-24)21-38-32-19-33(39-22-26-18-30(26)34(36)37)31(28-14-9-15-29(28)32)20-35-16-6-3-7-17-35/h2,4-5,8,10-13,19,26,30H,3,6-7,9,14-18,20-22H2,1H3,(H,36,37)/t26-,30-/m1/s1. The first-order valence-electron chi connectivity index (χ1n) is 14.6. The molecule has 2 aliphatic carbocycles. The molecule has 5 heteroatoms. The van der Waals surface area contributed by atoms with Crippen LogP contribution in [0, 0.1) is 18.8 Å². The highest BCUT2D eigenvalue weighted by atomic mass is 16.5. The molecule has 5 nitrogen and oxygen atoms in total. The van der Waals surface area contributed by atoms with E-state index in [0.717, 1.165) is 50.4 Å². The van der Waals surface area contributed by atoms with Crippen molar-refractivity contribution in [3.8, 4) is 22.6 Å². The van der Waals surface area contributed by atoms with Gasteiger partial charge in [-0.1, -0.05) is 55.0 Å². The second kappa shape index (κ2) is 11.4. The quantitative estimate of drug-likeness (QED) is 0.315. The number of rotatable bonds is 10. The van der Waals surface area contributed by atoms with Gasteiger partial charge in [0, 0.05) is 24.1 Å². The molecule has 1 heterocycles. The summed E-state index contributed by atoms with van der Waals surface area (Å²) in [6.07, 6.45) is 7.75. The number of fused-ring (bicyclic) bond motifs is 1. The molecule has 1 N–H and O–H groups in total. The van der Waals surface area contributed by atoms with Crippen LogP contribution in [0.15, 0.2) is 54.6 Å². The molecule has 1 saturated carbocycles. The lowest BCUT2D eigenvalue weighted by atomic mass is 9.96. The fourth-order valence-corrected chi connectivity index (χ4v) is 6.42. The Hall–Kier alpha value is -3.31. The second-order valence-electron chi connectivity index (χ2n) is 11.5. The van der Waals surface area contributed by atoms with Gasteiger partial charge in [0.15, 0.2) is 0 Å². The van der Waals surface area contributed by atoms with Gasteiger partial charge in [-0.25, -0.2) is 0 Å². The third-order valence-corrected chi connectivity index (χ3v) is 8.88. The van der Waals surface area contributed by atoms with Crippen LogP contribution in [0.5, 0.6) is 11.5 Å². The number of nitrogens with zero attached hydrogens (tertiary/aromatic N) is 1. The smallest absolute Gasteiger partial charge is 0.306 e. The van der Waals surface area contributed by atoms with E-state index in [4.69, 9.17) is 9.47 Å². The average Bonchev–Trinajstić information content (AvgIpc) is 3.58. The van der Waals surface area contributed by atoms with Crippen molar-refractivity contribution < 1.29 is 19.4 Å². The summed E-state index contributed by atoms with van der Waals surface area (Å²) >= 11 is 0. The summed E-state index contributed by atoms with van der Waals surface area (Å²) < 4.78 is 13.0. The van der Waals surface area contributed by atoms with Crippen LogP contribution in [-0.4, -0.2) is 35.7 Å². The molecule has 3 aromatic carbocycles. The van der Waals surface area contributed by atoms with E-state index in [1.807, 2.05) is 6.07 Å².